The summed E-state index contributed by atoms with van der Waals surface area (Å²) in [7, 11) is 0. The minimum Gasteiger partial charge on any atom is -0.494 e. The molecule has 3 aromatic rings. The van der Waals surface area contributed by atoms with Crippen LogP contribution in [0.1, 0.15) is 31.7 Å². The van der Waals surface area contributed by atoms with Gasteiger partial charge in [-0.1, -0.05) is 24.3 Å². The van der Waals surface area contributed by atoms with E-state index in [2.05, 4.69) is 5.32 Å². The zero-order valence-corrected chi connectivity index (χ0v) is 18.9. The number of amides is 2. The van der Waals surface area contributed by atoms with Gasteiger partial charge in [0.25, 0.3) is 5.56 Å². The summed E-state index contributed by atoms with van der Waals surface area (Å²) in [6, 6.07) is 14.7. The van der Waals surface area contributed by atoms with Gasteiger partial charge in [0.2, 0.25) is 11.8 Å². The molecule has 1 saturated heterocycles. The molecule has 1 aliphatic rings. The van der Waals surface area contributed by atoms with Crippen LogP contribution in [0.5, 0.6) is 5.75 Å². The number of rotatable bonds is 9. The number of fused-ring (bicyclic) bond motifs is 1. The molecule has 7 nitrogen and oxygen atoms in total. The van der Waals surface area contributed by atoms with Crippen LogP contribution in [0, 0.1) is 0 Å². The number of anilines is 1. The van der Waals surface area contributed by atoms with E-state index < -0.39 is 0 Å². The van der Waals surface area contributed by atoms with Crippen molar-refractivity contribution in [2.45, 2.75) is 39.2 Å². The predicted molar refractivity (Wildman–Crippen MR) is 129 cm³/mol. The highest BCUT2D eigenvalue weighted by atomic mass is 16.5. The molecule has 0 radical (unpaired) electrons. The number of para-hydroxylation sites is 1. The largest absolute Gasteiger partial charge is 0.494 e. The third-order valence-electron chi connectivity index (χ3n) is 5.91. The summed E-state index contributed by atoms with van der Waals surface area (Å²) in [4.78, 5) is 39.4. The molecule has 7 heteroatoms. The number of pyridine rings is 1. The lowest BCUT2D eigenvalue weighted by Crippen LogP contribution is -2.28. The number of benzene rings is 2. The summed E-state index contributed by atoms with van der Waals surface area (Å²) in [5, 5.41) is 4.21. The molecule has 4 rings (SSSR count). The third kappa shape index (κ3) is 5.25. The van der Waals surface area contributed by atoms with E-state index in [0.29, 0.717) is 48.3 Å². The second-order valence-corrected chi connectivity index (χ2v) is 8.18. The number of hydrogen-bond donors (Lipinski definition) is 1. The SMILES string of the molecule is CCOc1ccccc1CC(=O)Nc1cccc2c(=O)n(CCCN3CCCC3=O)ccc12. The van der Waals surface area contributed by atoms with E-state index in [1.54, 1.807) is 29.0 Å². The molecule has 0 spiro atoms. The maximum atomic E-state index is 13.0. The summed E-state index contributed by atoms with van der Waals surface area (Å²) in [5.41, 5.74) is 1.33. The van der Waals surface area contributed by atoms with Gasteiger partial charge in [-0.25, -0.2) is 0 Å². The highest BCUT2D eigenvalue weighted by molar-refractivity contribution is 6.02. The molecular weight excluding hydrogens is 418 g/mol. The van der Waals surface area contributed by atoms with E-state index in [9.17, 15) is 14.4 Å². The molecule has 33 heavy (non-hydrogen) atoms. The number of aryl methyl sites for hydroxylation is 1. The molecule has 1 fully saturated rings. The minimum absolute atomic E-state index is 0.0990. The van der Waals surface area contributed by atoms with Gasteiger partial charge in [0.15, 0.2) is 0 Å². The first-order valence-corrected chi connectivity index (χ1v) is 11.5. The zero-order valence-electron chi connectivity index (χ0n) is 18.9. The highest BCUT2D eigenvalue weighted by Crippen LogP contribution is 2.23. The summed E-state index contributed by atoms with van der Waals surface area (Å²) in [5.74, 6) is 0.728. The molecule has 0 atom stereocenters. The Morgan fingerprint density at radius 1 is 1.03 bits per heavy atom. The molecule has 2 aromatic carbocycles. The van der Waals surface area contributed by atoms with E-state index in [4.69, 9.17) is 4.74 Å². The van der Waals surface area contributed by atoms with E-state index >= 15 is 0 Å². The van der Waals surface area contributed by atoms with Gasteiger partial charge in [-0.3, -0.25) is 14.4 Å². The fraction of sp³-hybridized carbons (Fsp3) is 0.346. The Labute approximate surface area is 193 Å². The molecule has 2 amide bonds. The highest BCUT2D eigenvalue weighted by Gasteiger charge is 2.19. The molecule has 0 bridgehead atoms. The summed E-state index contributed by atoms with van der Waals surface area (Å²) < 4.78 is 7.29. The second-order valence-electron chi connectivity index (χ2n) is 8.18. The number of carbonyl (C=O) groups is 2. The molecule has 1 aromatic heterocycles. The van der Waals surface area contributed by atoms with E-state index in [1.807, 2.05) is 42.2 Å². The quantitative estimate of drug-likeness (QED) is 0.544. The van der Waals surface area contributed by atoms with Crippen LogP contribution >= 0.6 is 0 Å². The number of hydrogen-bond acceptors (Lipinski definition) is 4. The normalized spacial score (nSPS) is 13.5. The molecule has 1 aliphatic heterocycles. The van der Waals surface area contributed by atoms with Crippen molar-refractivity contribution < 1.29 is 14.3 Å². The van der Waals surface area contributed by atoms with Gasteiger partial charge in [0.1, 0.15) is 5.75 Å². The lowest BCUT2D eigenvalue weighted by atomic mass is 10.1. The molecule has 1 N–H and O–H groups in total. The maximum absolute atomic E-state index is 13.0. The monoisotopic (exact) mass is 447 g/mol. The average molecular weight is 448 g/mol. The number of aromatic nitrogens is 1. The lowest BCUT2D eigenvalue weighted by molar-refractivity contribution is -0.127. The number of likely N-dealkylation sites (tertiary alicyclic amines) is 1. The lowest BCUT2D eigenvalue weighted by Gasteiger charge is -2.16. The van der Waals surface area contributed by atoms with Crippen LogP contribution in [0.25, 0.3) is 10.8 Å². The fourth-order valence-corrected chi connectivity index (χ4v) is 4.29. The van der Waals surface area contributed by atoms with Crippen LogP contribution in [0.2, 0.25) is 0 Å². The number of carbonyl (C=O) groups excluding carboxylic acids is 2. The van der Waals surface area contributed by atoms with E-state index in [1.165, 1.54) is 0 Å². The Morgan fingerprint density at radius 3 is 2.67 bits per heavy atom. The van der Waals surface area contributed by atoms with Gasteiger partial charge in [-0.05, 0) is 44.0 Å². The van der Waals surface area contributed by atoms with Crippen LogP contribution < -0.4 is 15.6 Å². The Bertz CT molecular complexity index is 1220. The van der Waals surface area contributed by atoms with E-state index in [0.717, 1.165) is 24.9 Å². The van der Waals surface area contributed by atoms with Crippen LogP contribution in [0.15, 0.2) is 59.5 Å². The first-order valence-electron chi connectivity index (χ1n) is 11.5. The number of nitrogens with zero attached hydrogens (tertiary/aromatic N) is 2. The molecular formula is C26H29N3O4. The van der Waals surface area contributed by atoms with Crippen molar-refractivity contribution in [3.8, 4) is 5.75 Å². The maximum Gasteiger partial charge on any atom is 0.258 e. The van der Waals surface area contributed by atoms with E-state index in [-0.39, 0.29) is 23.8 Å². The Kier molecular flexibility index (Phi) is 7.07. The van der Waals surface area contributed by atoms with Gasteiger partial charge < -0.3 is 19.5 Å². The number of nitrogens with one attached hydrogen (secondary N) is 1. The smallest absolute Gasteiger partial charge is 0.258 e. The van der Waals surface area contributed by atoms with Gasteiger partial charge in [-0.2, -0.15) is 0 Å². The fourth-order valence-electron chi connectivity index (χ4n) is 4.29. The molecule has 0 unspecified atom stereocenters. The third-order valence-corrected chi connectivity index (χ3v) is 5.91. The van der Waals surface area contributed by atoms with Crippen molar-refractivity contribution in [2.75, 3.05) is 25.0 Å². The standard InChI is InChI=1S/C26H29N3O4/c1-2-33-23-11-4-3-8-19(23)18-24(30)27-22-10-5-9-21-20(22)13-17-29(26(21)32)16-7-15-28-14-6-12-25(28)31/h3-5,8-11,13,17H,2,6-7,12,14-16,18H2,1H3,(H,27,30). The van der Waals surface area contributed by atoms with Gasteiger partial charge >= 0.3 is 0 Å². The Morgan fingerprint density at radius 2 is 1.88 bits per heavy atom. The average Bonchev–Trinajstić information content (AvgIpc) is 3.22. The number of ether oxygens (including phenoxy) is 1. The Balaban J connectivity index is 1.46. The van der Waals surface area contributed by atoms with Crippen molar-refractivity contribution in [2.24, 2.45) is 0 Å². The Hall–Kier alpha value is -3.61. The van der Waals surface area contributed by atoms with Crippen LogP contribution in [0.4, 0.5) is 5.69 Å². The first kappa shape index (κ1) is 22.6. The predicted octanol–water partition coefficient (Wildman–Crippen LogP) is 3.59. The molecule has 2 heterocycles. The van der Waals surface area contributed by atoms with Crippen LogP contribution in [-0.4, -0.2) is 41.0 Å². The van der Waals surface area contributed by atoms with Crippen molar-refractivity contribution >= 4 is 28.3 Å². The summed E-state index contributed by atoms with van der Waals surface area (Å²) >= 11 is 0. The summed E-state index contributed by atoms with van der Waals surface area (Å²) in [6.07, 6.45) is 4.21. The first-order chi connectivity index (χ1) is 16.1. The molecule has 172 valence electrons. The molecule has 0 saturated carbocycles. The van der Waals surface area contributed by atoms with Crippen LogP contribution in [-0.2, 0) is 22.6 Å². The van der Waals surface area contributed by atoms with Gasteiger partial charge in [0, 0.05) is 54.3 Å². The van der Waals surface area contributed by atoms with Crippen molar-refractivity contribution in [3.63, 3.8) is 0 Å². The zero-order chi connectivity index (χ0) is 23.2. The van der Waals surface area contributed by atoms with Gasteiger partial charge in [0.05, 0.1) is 13.0 Å². The molecule has 0 aliphatic carbocycles. The van der Waals surface area contributed by atoms with Crippen molar-refractivity contribution in [1.29, 1.82) is 0 Å². The topological polar surface area (TPSA) is 80.6 Å². The van der Waals surface area contributed by atoms with Gasteiger partial charge in [-0.15, -0.1) is 0 Å². The minimum atomic E-state index is -0.172. The van der Waals surface area contributed by atoms with Crippen molar-refractivity contribution in [1.82, 2.24) is 9.47 Å². The summed E-state index contributed by atoms with van der Waals surface area (Å²) in [6.45, 7) is 4.46. The van der Waals surface area contributed by atoms with Crippen molar-refractivity contribution in [3.05, 3.63) is 70.6 Å². The second kappa shape index (κ2) is 10.3. The van der Waals surface area contributed by atoms with Crippen LogP contribution in [0.3, 0.4) is 0 Å².